The SMILES string of the molecule is C=CCOC(=O)N1CC(SC(=O)OC(C)(C)C)CC1C(=O)OC. The van der Waals surface area contributed by atoms with Crippen LogP contribution < -0.4 is 0 Å². The predicted molar refractivity (Wildman–Crippen MR) is 86.3 cm³/mol. The summed E-state index contributed by atoms with van der Waals surface area (Å²) in [5.74, 6) is -0.534. The molecule has 0 aromatic heterocycles. The second kappa shape index (κ2) is 8.24. The van der Waals surface area contributed by atoms with Crippen LogP contribution in [-0.4, -0.2) is 59.4 Å². The number of esters is 1. The van der Waals surface area contributed by atoms with E-state index in [2.05, 4.69) is 6.58 Å². The number of carbonyl (C=O) groups is 3. The minimum Gasteiger partial charge on any atom is -0.467 e. The van der Waals surface area contributed by atoms with Crippen LogP contribution in [0, 0.1) is 0 Å². The highest BCUT2D eigenvalue weighted by Crippen LogP contribution is 2.31. The summed E-state index contributed by atoms with van der Waals surface area (Å²) < 4.78 is 14.9. The average molecular weight is 345 g/mol. The standard InChI is InChI=1S/C15H23NO6S/c1-6-7-21-13(18)16-9-10(8-11(16)12(17)20-5)23-14(19)22-15(2,3)4/h6,10-11H,1,7-9H2,2-5H3. The summed E-state index contributed by atoms with van der Waals surface area (Å²) in [6.45, 7) is 9.04. The van der Waals surface area contributed by atoms with Gasteiger partial charge >= 0.3 is 17.4 Å². The smallest absolute Gasteiger partial charge is 0.410 e. The van der Waals surface area contributed by atoms with Crippen LogP contribution in [0.3, 0.4) is 0 Å². The van der Waals surface area contributed by atoms with Crippen molar-refractivity contribution < 1.29 is 28.6 Å². The fourth-order valence-electron chi connectivity index (χ4n) is 2.07. The van der Waals surface area contributed by atoms with Gasteiger partial charge in [-0.3, -0.25) is 4.90 Å². The molecule has 0 aromatic carbocycles. The predicted octanol–water partition coefficient (Wildman–Crippen LogP) is 2.59. The summed E-state index contributed by atoms with van der Waals surface area (Å²) in [5, 5.41) is -0.697. The fraction of sp³-hybridized carbons (Fsp3) is 0.667. The van der Waals surface area contributed by atoms with Crippen LogP contribution in [-0.2, 0) is 19.0 Å². The number of methoxy groups -OCH3 is 1. The molecular weight excluding hydrogens is 322 g/mol. The van der Waals surface area contributed by atoms with E-state index in [4.69, 9.17) is 14.2 Å². The molecule has 1 aliphatic heterocycles. The summed E-state index contributed by atoms with van der Waals surface area (Å²) in [7, 11) is 1.25. The second-order valence-electron chi connectivity index (χ2n) is 6.00. The van der Waals surface area contributed by atoms with Crippen molar-refractivity contribution in [2.45, 2.75) is 44.1 Å². The van der Waals surface area contributed by atoms with Crippen molar-refractivity contribution in [2.75, 3.05) is 20.3 Å². The molecule has 0 N–H and O–H groups in total. The summed E-state index contributed by atoms with van der Waals surface area (Å²) in [6, 6.07) is -0.766. The molecule has 1 heterocycles. The van der Waals surface area contributed by atoms with E-state index in [-0.39, 0.29) is 18.4 Å². The number of nitrogens with zero attached hydrogens (tertiary/aromatic N) is 1. The maximum atomic E-state index is 12.0. The van der Waals surface area contributed by atoms with E-state index >= 15 is 0 Å². The first-order valence-corrected chi connectivity index (χ1v) is 8.07. The zero-order valence-electron chi connectivity index (χ0n) is 13.9. The first kappa shape index (κ1) is 19.3. The maximum absolute atomic E-state index is 12.0. The summed E-state index contributed by atoms with van der Waals surface area (Å²) in [5.41, 5.74) is -0.590. The molecule has 0 aliphatic carbocycles. The average Bonchev–Trinajstić information content (AvgIpc) is 2.85. The van der Waals surface area contributed by atoms with E-state index in [1.807, 2.05) is 0 Å². The third-order valence-electron chi connectivity index (χ3n) is 2.95. The van der Waals surface area contributed by atoms with Gasteiger partial charge in [-0.25, -0.2) is 14.4 Å². The van der Waals surface area contributed by atoms with Gasteiger partial charge in [0, 0.05) is 11.8 Å². The first-order chi connectivity index (χ1) is 10.7. The number of likely N-dealkylation sites (tertiary alicyclic amines) is 1. The molecule has 23 heavy (non-hydrogen) atoms. The summed E-state index contributed by atoms with van der Waals surface area (Å²) in [4.78, 5) is 37.0. The van der Waals surface area contributed by atoms with Gasteiger partial charge in [0.05, 0.1) is 7.11 Å². The molecule has 8 heteroatoms. The van der Waals surface area contributed by atoms with Gasteiger partial charge in [-0.1, -0.05) is 12.7 Å². The fourth-order valence-corrected chi connectivity index (χ4v) is 3.15. The zero-order valence-corrected chi connectivity index (χ0v) is 14.7. The molecule has 7 nitrogen and oxygen atoms in total. The van der Waals surface area contributed by atoms with Gasteiger partial charge in [0.15, 0.2) is 0 Å². The van der Waals surface area contributed by atoms with Gasteiger partial charge in [-0.2, -0.15) is 0 Å². The molecule has 2 unspecified atom stereocenters. The van der Waals surface area contributed by atoms with E-state index in [1.165, 1.54) is 18.1 Å². The van der Waals surface area contributed by atoms with E-state index in [1.54, 1.807) is 20.8 Å². The van der Waals surface area contributed by atoms with E-state index in [0.717, 1.165) is 11.8 Å². The molecule has 1 fully saturated rings. The lowest BCUT2D eigenvalue weighted by Crippen LogP contribution is -2.41. The zero-order chi connectivity index (χ0) is 17.6. The molecule has 1 amide bonds. The number of rotatable bonds is 4. The molecule has 0 bridgehead atoms. The molecule has 1 rings (SSSR count). The molecule has 0 radical (unpaired) electrons. The Morgan fingerprint density at radius 1 is 1.35 bits per heavy atom. The van der Waals surface area contributed by atoms with Gasteiger partial charge in [0.25, 0.3) is 0 Å². The topological polar surface area (TPSA) is 82.1 Å². The Morgan fingerprint density at radius 3 is 2.52 bits per heavy atom. The van der Waals surface area contributed by atoms with Crippen LogP contribution in [0.1, 0.15) is 27.2 Å². The normalized spacial score (nSPS) is 20.8. The van der Waals surface area contributed by atoms with Crippen LogP contribution in [0.25, 0.3) is 0 Å². The van der Waals surface area contributed by atoms with Gasteiger partial charge in [-0.15, -0.1) is 0 Å². The van der Waals surface area contributed by atoms with Crippen LogP contribution in [0.15, 0.2) is 12.7 Å². The Morgan fingerprint density at radius 2 is 2.00 bits per heavy atom. The van der Waals surface area contributed by atoms with E-state index in [9.17, 15) is 14.4 Å². The molecule has 2 atom stereocenters. The highest BCUT2D eigenvalue weighted by atomic mass is 32.2. The number of hydrogen-bond donors (Lipinski definition) is 0. The number of hydrogen-bond acceptors (Lipinski definition) is 7. The van der Waals surface area contributed by atoms with E-state index < -0.39 is 29.0 Å². The van der Waals surface area contributed by atoms with Crippen molar-refractivity contribution >= 4 is 29.1 Å². The number of thioether (sulfide) groups is 1. The lowest BCUT2D eigenvalue weighted by Gasteiger charge is -2.21. The molecule has 0 saturated carbocycles. The second-order valence-corrected chi connectivity index (χ2v) is 7.23. The summed E-state index contributed by atoms with van der Waals surface area (Å²) >= 11 is 0.972. The Bertz CT molecular complexity index is 473. The van der Waals surface area contributed by atoms with E-state index in [0.29, 0.717) is 6.42 Å². The molecule has 1 saturated heterocycles. The largest absolute Gasteiger partial charge is 0.467 e. The van der Waals surface area contributed by atoms with Crippen molar-refractivity contribution in [3.05, 3.63) is 12.7 Å². The van der Waals surface area contributed by atoms with Crippen LogP contribution in [0.5, 0.6) is 0 Å². The minimum absolute atomic E-state index is 0.0487. The van der Waals surface area contributed by atoms with Crippen molar-refractivity contribution in [2.24, 2.45) is 0 Å². The van der Waals surface area contributed by atoms with Crippen LogP contribution in [0.4, 0.5) is 9.59 Å². The maximum Gasteiger partial charge on any atom is 0.410 e. The Balaban J connectivity index is 2.71. The molecule has 0 aromatic rings. The number of carbonyl (C=O) groups excluding carboxylic acids is 3. The highest BCUT2D eigenvalue weighted by Gasteiger charge is 2.42. The molecule has 1 aliphatic rings. The number of amides is 1. The van der Waals surface area contributed by atoms with Gasteiger partial charge in [-0.05, 0) is 39.0 Å². The van der Waals surface area contributed by atoms with Crippen molar-refractivity contribution in [1.29, 1.82) is 0 Å². The van der Waals surface area contributed by atoms with Gasteiger partial charge in [0.2, 0.25) is 0 Å². The Hall–Kier alpha value is -1.70. The minimum atomic E-state index is -0.766. The third kappa shape index (κ3) is 6.13. The third-order valence-corrected chi connectivity index (χ3v) is 3.90. The van der Waals surface area contributed by atoms with Crippen molar-refractivity contribution in [1.82, 2.24) is 4.90 Å². The van der Waals surface area contributed by atoms with Crippen LogP contribution >= 0.6 is 11.8 Å². The highest BCUT2D eigenvalue weighted by molar-refractivity contribution is 8.13. The lowest BCUT2D eigenvalue weighted by molar-refractivity contribution is -0.145. The van der Waals surface area contributed by atoms with Crippen LogP contribution in [0.2, 0.25) is 0 Å². The van der Waals surface area contributed by atoms with Gasteiger partial charge < -0.3 is 14.2 Å². The molecular formula is C15H23NO6S. The molecule has 0 spiro atoms. The Kier molecular flexibility index (Phi) is 6.93. The number of ether oxygens (including phenoxy) is 3. The lowest BCUT2D eigenvalue weighted by atomic mass is 10.2. The van der Waals surface area contributed by atoms with Crippen molar-refractivity contribution in [3.8, 4) is 0 Å². The van der Waals surface area contributed by atoms with Crippen molar-refractivity contribution in [3.63, 3.8) is 0 Å². The molecule has 130 valence electrons. The quantitative estimate of drug-likeness (QED) is 0.440. The van der Waals surface area contributed by atoms with Gasteiger partial charge in [0.1, 0.15) is 18.2 Å². The first-order valence-electron chi connectivity index (χ1n) is 7.19. The monoisotopic (exact) mass is 345 g/mol. The summed E-state index contributed by atoms with van der Waals surface area (Å²) in [6.07, 6.45) is 1.11. The Labute approximate surface area is 140 Å².